The quantitative estimate of drug-likeness (QED) is 0.726. The van der Waals surface area contributed by atoms with E-state index in [1.165, 1.54) is 4.90 Å². The van der Waals surface area contributed by atoms with Crippen molar-refractivity contribution < 1.29 is 24.2 Å². The lowest BCUT2D eigenvalue weighted by atomic mass is 10.1. The zero-order valence-electron chi connectivity index (χ0n) is 11.7. The lowest BCUT2D eigenvalue weighted by Gasteiger charge is -2.18. The van der Waals surface area contributed by atoms with E-state index in [1.54, 1.807) is 38.4 Å². The summed E-state index contributed by atoms with van der Waals surface area (Å²) in [4.78, 5) is 24.1. The molecule has 0 heterocycles. The Morgan fingerprint density at radius 3 is 2.60 bits per heavy atom. The van der Waals surface area contributed by atoms with Crippen molar-refractivity contribution in [2.24, 2.45) is 0 Å². The minimum Gasteiger partial charge on any atom is -0.490 e. The maximum atomic E-state index is 12.2. The molecule has 0 unspecified atom stereocenters. The summed E-state index contributed by atoms with van der Waals surface area (Å²) in [5, 5.41) is 8.64. The molecule has 20 heavy (non-hydrogen) atoms. The van der Waals surface area contributed by atoms with Gasteiger partial charge < -0.3 is 19.5 Å². The van der Waals surface area contributed by atoms with Crippen LogP contribution in [0.1, 0.15) is 16.8 Å². The number of hydrogen-bond acceptors (Lipinski definition) is 4. The number of carboxylic acids is 1. The molecule has 1 amide bonds. The number of aliphatic carboxylic acids is 1. The molecule has 6 nitrogen and oxygen atoms in total. The van der Waals surface area contributed by atoms with Gasteiger partial charge in [0.05, 0.1) is 18.6 Å². The molecule has 1 aromatic carbocycles. The summed E-state index contributed by atoms with van der Waals surface area (Å²) in [5.41, 5.74) is 0.413. The predicted molar refractivity (Wildman–Crippen MR) is 73.0 cm³/mol. The highest BCUT2D eigenvalue weighted by atomic mass is 16.5. The van der Waals surface area contributed by atoms with Crippen LogP contribution in [0, 0.1) is 0 Å². The van der Waals surface area contributed by atoms with Crippen molar-refractivity contribution in [3.05, 3.63) is 29.8 Å². The monoisotopic (exact) mass is 281 g/mol. The highest BCUT2D eigenvalue weighted by molar-refractivity contribution is 5.96. The molecule has 0 atom stereocenters. The van der Waals surface area contributed by atoms with E-state index in [0.717, 1.165) is 0 Å². The first-order valence-electron chi connectivity index (χ1n) is 6.24. The summed E-state index contributed by atoms with van der Waals surface area (Å²) in [6.07, 6.45) is -0.0884. The third-order valence-corrected chi connectivity index (χ3v) is 2.67. The van der Waals surface area contributed by atoms with Gasteiger partial charge in [-0.3, -0.25) is 9.59 Å². The fraction of sp³-hybridized carbons (Fsp3) is 0.429. The second-order valence-corrected chi connectivity index (χ2v) is 4.21. The van der Waals surface area contributed by atoms with Gasteiger partial charge in [0.1, 0.15) is 12.4 Å². The molecule has 0 aliphatic carbocycles. The molecule has 1 N–H and O–H groups in total. The van der Waals surface area contributed by atoms with Crippen LogP contribution in [0.2, 0.25) is 0 Å². The lowest BCUT2D eigenvalue weighted by Crippen LogP contribution is -2.29. The van der Waals surface area contributed by atoms with Gasteiger partial charge in [-0.2, -0.15) is 0 Å². The Labute approximate surface area is 117 Å². The highest BCUT2D eigenvalue weighted by Crippen LogP contribution is 2.19. The summed E-state index contributed by atoms with van der Waals surface area (Å²) in [6, 6.07) is 6.87. The zero-order chi connectivity index (χ0) is 15.0. The second kappa shape index (κ2) is 8.16. The van der Waals surface area contributed by atoms with E-state index in [9.17, 15) is 9.59 Å². The number of carbonyl (C=O) groups is 2. The fourth-order valence-electron chi connectivity index (χ4n) is 1.57. The summed E-state index contributed by atoms with van der Waals surface area (Å²) < 4.78 is 10.4. The van der Waals surface area contributed by atoms with Crippen LogP contribution < -0.4 is 4.74 Å². The molecule has 110 valence electrons. The molecule has 0 fully saturated rings. The van der Waals surface area contributed by atoms with Crippen LogP contribution in [0.25, 0.3) is 0 Å². The van der Waals surface area contributed by atoms with Crippen LogP contribution in [0.5, 0.6) is 5.75 Å². The molecule has 0 spiro atoms. The standard InChI is InChI=1S/C14H19NO5/c1-15(8-7-13(16)17)14(18)11-5-3-4-6-12(11)20-10-9-19-2/h3-6H,7-10H2,1-2H3,(H,16,17). The van der Waals surface area contributed by atoms with E-state index < -0.39 is 5.97 Å². The number of para-hydroxylation sites is 1. The van der Waals surface area contributed by atoms with Crippen LogP contribution >= 0.6 is 0 Å². The number of carbonyl (C=O) groups excluding carboxylic acids is 1. The zero-order valence-corrected chi connectivity index (χ0v) is 11.7. The van der Waals surface area contributed by atoms with Gasteiger partial charge in [-0.1, -0.05) is 12.1 Å². The van der Waals surface area contributed by atoms with Gasteiger partial charge in [-0.25, -0.2) is 0 Å². The molecule has 1 aromatic rings. The summed E-state index contributed by atoms with van der Waals surface area (Å²) >= 11 is 0. The van der Waals surface area contributed by atoms with E-state index in [1.807, 2.05) is 0 Å². The van der Waals surface area contributed by atoms with Gasteiger partial charge in [0.25, 0.3) is 5.91 Å². The molecule has 0 saturated carbocycles. The van der Waals surface area contributed by atoms with E-state index in [-0.39, 0.29) is 18.9 Å². The van der Waals surface area contributed by atoms with Crippen molar-refractivity contribution >= 4 is 11.9 Å². The number of amides is 1. The van der Waals surface area contributed by atoms with Crippen LogP contribution in [0.4, 0.5) is 0 Å². The molecule has 1 rings (SSSR count). The summed E-state index contributed by atoms with van der Waals surface area (Å²) in [5.74, 6) is -0.731. The van der Waals surface area contributed by atoms with Crippen LogP contribution in [-0.4, -0.2) is 55.8 Å². The van der Waals surface area contributed by atoms with Crippen molar-refractivity contribution in [3.8, 4) is 5.75 Å². The molecule has 0 saturated heterocycles. The third kappa shape index (κ3) is 4.89. The molecule has 6 heteroatoms. The number of nitrogens with zero attached hydrogens (tertiary/aromatic N) is 1. The highest BCUT2D eigenvalue weighted by Gasteiger charge is 2.17. The van der Waals surface area contributed by atoms with E-state index in [2.05, 4.69) is 0 Å². The summed E-state index contributed by atoms with van der Waals surface area (Å²) in [6.45, 7) is 0.928. The fourth-order valence-corrected chi connectivity index (χ4v) is 1.57. The first-order valence-corrected chi connectivity index (χ1v) is 6.24. The number of rotatable bonds is 8. The van der Waals surface area contributed by atoms with Crippen molar-refractivity contribution in [2.75, 3.05) is 33.9 Å². The van der Waals surface area contributed by atoms with E-state index >= 15 is 0 Å². The smallest absolute Gasteiger partial charge is 0.305 e. The van der Waals surface area contributed by atoms with Gasteiger partial charge in [0, 0.05) is 20.7 Å². The largest absolute Gasteiger partial charge is 0.490 e. The maximum absolute atomic E-state index is 12.2. The number of hydrogen-bond donors (Lipinski definition) is 1. The normalized spacial score (nSPS) is 10.1. The van der Waals surface area contributed by atoms with Crippen molar-refractivity contribution in [2.45, 2.75) is 6.42 Å². The number of methoxy groups -OCH3 is 1. The molecule has 0 aliphatic rings. The van der Waals surface area contributed by atoms with Gasteiger partial charge in [0.2, 0.25) is 0 Å². The Kier molecular flexibility index (Phi) is 6.52. The lowest BCUT2D eigenvalue weighted by molar-refractivity contribution is -0.137. The van der Waals surface area contributed by atoms with Gasteiger partial charge in [-0.05, 0) is 12.1 Å². The van der Waals surface area contributed by atoms with Crippen LogP contribution in [0.15, 0.2) is 24.3 Å². The van der Waals surface area contributed by atoms with Gasteiger partial charge >= 0.3 is 5.97 Å². The minimum absolute atomic E-state index is 0.0884. The van der Waals surface area contributed by atoms with Gasteiger partial charge in [0.15, 0.2) is 0 Å². The number of ether oxygens (including phenoxy) is 2. The molecule has 0 aromatic heterocycles. The number of benzene rings is 1. The first kappa shape index (κ1) is 16.0. The van der Waals surface area contributed by atoms with Crippen LogP contribution in [-0.2, 0) is 9.53 Å². The molecule has 0 radical (unpaired) electrons. The summed E-state index contributed by atoms with van der Waals surface area (Å²) in [7, 11) is 3.14. The second-order valence-electron chi connectivity index (χ2n) is 4.21. The van der Waals surface area contributed by atoms with Crippen molar-refractivity contribution in [3.63, 3.8) is 0 Å². The topological polar surface area (TPSA) is 76.1 Å². The Balaban J connectivity index is 2.73. The maximum Gasteiger partial charge on any atom is 0.305 e. The van der Waals surface area contributed by atoms with Crippen molar-refractivity contribution in [1.82, 2.24) is 4.90 Å². The average molecular weight is 281 g/mol. The molecular weight excluding hydrogens is 262 g/mol. The minimum atomic E-state index is -0.936. The average Bonchev–Trinajstić information content (AvgIpc) is 2.44. The predicted octanol–water partition coefficient (Wildman–Crippen LogP) is 1.26. The Morgan fingerprint density at radius 1 is 1.25 bits per heavy atom. The van der Waals surface area contributed by atoms with Crippen LogP contribution in [0.3, 0.4) is 0 Å². The Bertz CT molecular complexity index is 461. The number of carboxylic acid groups (broad SMARTS) is 1. The van der Waals surface area contributed by atoms with E-state index in [4.69, 9.17) is 14.6 Å². The Hall–Kier alpha value is -2.08. The van der Waals surface area contributed by atoms with E-state index in [0.29, 0.717) is 24.5 Å². The van der Waals surface area contributed by atoms with Crippen molar-refractivity contribution in [1.29, 1.82) is 0 Å². The first-order chi connectivity index (χ1) is 9.56. The molecular formula is C14H19NO5. The molecule has 0 aliphatic heterocycles. The Morgan fingerprint density at radius 2 is 1.95 bits per heavy atom. The van der Waals surface area contributed by atoms with Gasteiger partial charge in [-0.15, -0.1) is 0 Å². The molecule has 0 bridgehead atoms. The SMILES string of the molecule is COCCOc1ccccc1C(=O)N(C)CCC(=O)O. The third-order valence-electron chi connectivity index (χ3n) is 2.67.